The largest absolute Gasteiger partial charge is 0.367 e. The van der Waals surface area contributed by atoms with Gasteiger partial charge in [0.1, 0.15) is 0 Å². The fourth-order valence-electron chi connectivity index (χ4n) is 1.23. The Hall–Kier alpha value is -1.57. The first-order valence-electron chi connectivity index (χ1n) is 3.92. The molecule has 2 nitrogen and oxygen atoms in total. The maximum atomic E-state index is 4.14. The van der Waals surface area contributed by atoms with E-state index >= 15 is 0 Å². The van der Waals surface area contributed by atoms with Crippen molar-refractivity contribution in [3.63, 3.8) is 0 Å². The summed E-state index contributed by atoms with van der Waals surface area (Å²) >= 11 is 0. The third kappa shape index (κ3) is 1.23. The molecule has 0 fully saturated rings. The minimum Gasteiger partial charge on any atom is -0.367 e. The zero-order valence-corrected chi connectivity index (χ0v) is 6.91. The Morgan fingerprint density at radius 3 is 2.83 bits per heavy atom. The third-order valence-corrected chi connectivity index (χ3v) is 1.83. The molecule has 12 heavy (non-hydrogen) atoms. The molecule has 0 aliphatic heterocycles. The second-order valence-corrected chi connectivity index (χ2v) is 2.79. The summed E-state index contributed by atoms with van der Waals surface area (Å²) in [7, 11) is 0. The van der Waals surface area contributed by atoms with Crippen LogP contribution >= 0.6 is 0 Å². The monoisotopic (exact) mass is 158 g/mol. The summed E-state index contributed by atoms with van der Waals surface area (Å²) in [5.74, 6) is 0. The highest BCUT2D eigenvalue weighted by Crippen LogP contribution is 2.17. The third-order valence-electron chi connectivity index (χ3n) is 1.83. The van der Waals surface area contributed by atoms with Crippen LogP contribution < -0.4 is 0 Å². The van der Waals surface area contributed by atoms with Crippen LogP contribution in [0.5, 0.6) is 0 Å². The van der Waals surface area contributed by atoms with Gasteiger partial charge in [-0.1, -0.05) is 0 Å². The van der Waals surface area contributed by atoms with Crippen LogP contribution in [0.3, 0.4) is 0 Å². The molecule has 0 bridgehead atoms. The molecule has 60 valence electrons. The Kier molecular flexibility index (Phi) is 1.67. The highest BCUT2D eigenvalue weighted by molar-refractivity contribution is 5.62. The van der Waals surface area contributed by atoms with Crippen LogP contribution in [0, 0.1) is 6.92 Å². The number of nitrogens with one attached hydrogen (secondary N) is 1. The molecule has 0 aliphatic carbocycles. The Bertz CT molecular complexity index is 363. The van der Waals surface area contributed by atoms with E-state index in [9.17, 15) is 0 Å². The number of H-pyrrole nitrogens is 1. The zero-order valence-electron chi connectivity index (χ0n) is 6.91. The van der Waals surface area contributed by atoms with E-state index in [1.165, 1.54) is 11.1 Å². The van der Waals surface area contributed by atoms with Crippen molar-refractivity contribution in [2.75, 3.05) is 0 Å². The molecule has 0 aliphatic rings. The summed E-state index contributed by atoms with van der Waals surface area (Å²) < 4.78 is 0. The minimum absolute atomic E-state index is 1.05. The van der Waals surface area contributed by atoms with Gasteiger partial charge < -0.3 is 4.98 Å². The van der Waals surface area contributed by atoms with Gasteiger partial charge in [0.25, 0.3) is 0 Å². The molecule has 0 unspecified atom stereocenters. The van der Waals surface area contributed by atoms with Gasteiger partial charge in [0.05, 0.1) is 0 Å². The van der Waals surface area contributed by atoms with Crippen LogP contribution in [0.25, 0.3) is 11.1 Å². The van der Waals surface area contributed by atoms with Gasteiger partial charge in [0, 0.05) is 24.3 Å². The van der Waals surface area contributed by atoms with Gasteiger partial charge in [0.15, 0.2) is 0 Å². The summed E-state index contributed by atoms with van der Waals surface area (Å²) in [5.41, 5.74) is 3.47. The van der Waals surface area contributed by atoms with E-state index in [1.54, 1.807) is 0 Å². The SMILES string of the molecule is Cc1cc(-c2cc[nH]c2)ccn1. The molecule has 2 heteroatoms. The fourth-order valence-corrected chi connectivity index (χ4v) is 1.23. The maximum Gasteiger partial charge on any atom is 0.0378 e. The van der Waals surface area contributed by atoms with E-state index in [1.807, 2.05) is 31.6 Å². The summed E-state index contributed by atoms with van der Waals surface area (Å²) in [5, 5.41) is 0. The molecular formula is C10H10N2. The lowest BCUT2D eigenvalue weighted by atomic mass is 10.1. The Morgan fingerprint density at radius 2 is 2.17 bits per heavy atom. The van der Waals surface area contributed by atoms with E-state index < -0.39 is 0 Å². The van der Waals surface area contributed by atoms with E-state index in [0.717, 1.165) is 5.69 Å². The maximum absolute atomic E-state index is 4.14. The van der Waals surface area contributed by atoms with Crippen molar-refractivity contribution in [3.8, 4) is 11.1 Å². The van der Waals surface area contributed by atoms with E-state index in [-0.39, 0.29) is 0 Å². The van der Waals surface area contributed by atoms with E-state index in [4.69, 9.17) is 0 Å². The first-order valence-corrected chi connectivity index (χ1v) is 3.92. The first-order chi connectivity index (χ1) is 5.86. The van der Waals surface area contributed by atoms with Gasteiger partial charge in [-0.3, -0.25) is 4.98 Å². The van der Waals surface area contributed by atoms with Crippen LogP contribution in [0.15, 0.2) is 36.8 Å². The predicted molar refractivity (Wildman–Crippen MR) is 48.8 cm³/mol. The molecule has 2 aromatic heterocycles. The summed E-state index contributed by atoms with van der Waals surface area (Å²) in [4.78, 5) is 7.17. The number of hydrogen-bond donors (Lipinski definition) is 1. The number of aromatic nitrogens is 2. The van der Waals surface area contributed by atoms with Crippen molar-refractivity contribution in [1.82, 2.24) is 9.97 Å². The number of aryl methyl sites for hydroxylation is 1. The van der Waals surface area contributed by atoms with Crippen molar-refractivity contribution < 1.29 is 0 Å². The van der Waals surface area contributed by atoms with Gasteiger partial charge >= 0.3 is 0 Å². The van der Waals surface area contributed by atoms with Crippen LogP contribution in [0.2, 0.25) is 0 Å². The number of nitrogens with zero attached hydrogens (tertiary/aromatic N) is 1. The second-order valence-electron chi connectivity index (χ2n) is 2.79. The molecule has 0 spiro atoms. The lowest BCUT2D eigenvalue weighted by Gasteiger charge is -1.97. The average molecular weight is 158 g/mol. The summed E-state index contributed by atoms with van der Waals surface area (Å²) in [6, 6.07) is 6.13. The Labute approximate surface area is 71.3 Å². The Balaban J connectivity index is 2.48. The number of aromatic amines is 1. The highest BCUT2D eigenvalue weighted by atomic mass is 14.7. The fraction of sp³-hybridized carbons (Fsp3) is 0.100. The zero-order chi connectivity index (χ0) is 8.39. The lowest BCUT2D eigenvalue weighted by Crippen LogP contribution is -1.80. The van der Waals surface area contributed by atoms with Gasteiger partial charge in [-0.2, -0.15) is 0 Å². The van der Waals surface area contributed by atoms with Crippen molar-refractivity contribution >= 4 is 0 Å². The van der Waals surface area contributed by atoms with Gasteiger partial charge in [-0.25, -0.2) is 0 Å². The molecule has 2 rings (SSSR count). The standard InChI is InChI=1S/C10H10N2/c1-8-6-9(3-5-12-8)10-2-4-11-7-10/h2-7,11H,1H3. The van der Waals surface area contributed by atoms with Gasteiger partial charge in [-0.05, 0) is 36.2 Å². The summed E-state index contributed by atoms with van der Waals surface area (Å²) in [6.45, 7) is 2.00. The molecule has 0 amide bonds. The predicted octanol–water partition coefficient (Wildman–Crippen LogP) is 2.39. The second kappa shape index (κ2) is 2.81. The number of rotatable bonds is 1. The van der Waals surface area contributed by atoms with E-state index in [0.29, 0.717) is 0 Å². The molecule has 0 saturated carbocycles. The van der Waals surface area contributed by atoms with Crippen molar-refractivity contribution in [2.24, 2.45) is 0 Å². The first kappa shape index (κ1) is 7.10. The van der Waals surface area contributed by atoms with Gasteiger partial charge in [0.2, 0.25) is 0 Å². The van der Waals surface area contributed by atoms with Crippen molar-refractivity contribution in [2.45, 2.75) is 6.92 Å². The normalized spacial score (nSPS) is 10.1. The lowest BCUT2D eigenvalue weighted by molar-refractivity contribution is 1.20. The van der Waals surface area contributed by atoms with Crippen molar-refractivity contribution in [3.05, 3.63) is 42.5 Å². The van der Waals surface area contributed by atoms with Crippen LogP contribution in [0.1, 0.15) is 5.69 Å². The van der Waals surface area contributed by atoms with E-state index in [2.05, 4.69) is 22.1 Å². The molecule has 2 aromatic rings. The van der Waals surface area contributed by atoms with Crippen LogP contribution in [-0.4, -0.2) is 9.97 Å². The summed E-state index contributed by atoms with van der Waals surface area (Å²) in [6.07, 6.45) is 5.73. The molecular weight excluding hydrogens is 148 g/mol. The highest BCUT2D eigenvalue weighted by Gasteiger charge is 1.96. The Morgan fingerprint density at radius 1 is 1.25 bits per heavy atom. The smallest absolute Gasteiger partial charge is 0.0378 e. The molecule has 0 atom stereocenters. The minimum atomic E-state index is 1.05. The van der Waals surface area contributed by atoms with Crippen LogP contribution in [-0.2, 0) is 0 Å². The molecule has 0 radical (unpaired) electrons. The topological polar surface area (TPSA) is 28.7 Å². The molecule has 2 heterocycles. The molecule has 0 saturated heterocycles. The number of hydrogen-bond acceptors (Lipinski definition) is 1. The van der Waals surface area contributed by atoms with Crippen LogP contribution in [0.4, 0.5) is 0 Å². The number of pyridine rings is 1. The quantitative estimate of drug-likeness (QED) is 0.678. The van der Waals surface area contributed by atoms with Gasteiger partial charge in [-0.15, -0.1) is 0 Å². The molecule has 0 aromatic carbocycles. The average Bonchev–Trinajstić information content (AvgIpc) is 2.56. The molecule has 1 N–H and O–H groups in total. The van der Waals surface area contributed by atoms with Crippen molar-refractivity contribution in [1.29, 1.82) is 0 Å².